The molecule has 0 aromatic heterocycles. The van der Waals surface area contributed by atoms with Gasteiger partial charge in [0.15, 0.2) is 0 Å². The van der Waals surface area contributed by atoms with E-state index in [-0.39, 0.29) is 5.92 Å². The average Bonchev–Trinajstić information content (AvgIpc) is 2.20. The molecule has 1 aliphatic heterocycles. The lowest BCUT2D eigenvalue weighted by molar-refractivity contribution is -0.163. The second-order valence-electron chi connectivity index (χ2n) is 4.24. The van der Waals surface area contributed by atoms with E-state index in [1.807, 2.05) is 32.0 Å². The zero-order chi connectivity index (χ0) is 11.7. The van der Waals surface area contributed by atoms with Crippen molar-refractivity contribution in [2.45, 2.75) is 32.6 Å². The van der Waals surface area contributed by atoms with Crippen LogP contribution in [0.15, 0.2) is 18.2 Å². The Labute approximate surface area is 94.4 Å². The number of hydrogen-bond donors (Lipinski definition) is 0. The largest absolute Gasteiger partial charge is 0.393 e. The second kappa shape index (κ2) is 4.08. The summed E-state index contributed by atoms with van der Waals surface area (Å²) < 4.78 is 4.53. The zero-order valence-corrected chi connectivity index (χ0v) is 9.45. The molecule has 3 heteroatoms. The summed E-state index contributed by atoms with van der Waals surface area (Å²) in [5.41, 5.74) is 3.43. The van der Waals surface area contributed by atoms with Crippen LogP contribution in [0.1, 0.15) is 35.4 Å². The number of benzene rings is 1. The summed E-state index contributed by atoms with van der Waals surface area (Å²) in [7, 11) is 0. The molecule has 16 heavy (non-hydrogen) atoms. The van der Waals surface area contributed by atoms with Crippen molar-refractivity contribution in [1.82, 2.24) is 0 Å². The molecule has 0 radical (unpaired) electrons. The molecule has 1 aromatic carbocycles. The Balaban J connectivity index is 2.33. The maximum atomic E-state index is 11.2. The van der Waals surface area contributed by atoms with Crippen LogP contribution in [0.3, 0.4) is 0 Å². The predicted octanol–water partition coefficient (Wildman–Crippen LogP) is 2.25. The molecule has 0 amide bonds. The molecular formula is C13H14O3. The SMILES string of the molecule is Cc1cccc(C2CC(=O)OC(=O)C2)c1C. The van der Waals surface area contributed by atoms with E-state index >= 15 is 0 Å². The van der Waals surface area contributed by atoms with E-state index in [0.29, 0.717) is 12.8 Å². The third-order valence-corrected chi connectivity index (χ3v) is 3.14. The van der Waals surface area contributed by atoms with Crippen molar-refractivity contribution in [2.75, 3.05) is 0 Å². The molecule has 0 unspecified atom stereocenters. The molecule has 1 aliphatic rings. The summed E-state index contributed by atoms with van der Waals surface area (Å²) in [4.78, 5) is 22.4. The van der Waals surface area contributed by atoms with E-state index in [9.17, 15) is 9.59 Å². The van der Waals surface area contributed by atoms with Gasteiger partial charge in [-0.25, -0.2) is 0 Å². The van der Waals surface area contributed by atoms with E-state index in [1.54, 1.807) is 0 Å². The highest BCUT2D eigenvalue weighted by Crippen LogP contribution is 2.31. The third kappa shape index (κ3) is 1.98. The summed E-state index contributed by atoms with van der Waals surface area (Å²) in [6.45, 7) is 4.05. The van der Waals surface area contributed by atoms with E-state index in [1.165, 1.54) is 5.56 Å². The van der Waals surface area contributed by atoms with Gasteiger partial charge in [0, 0.05) is 5.92 Å². The normalized spacial score (nSPS) is 17.4. The van der Waals surface area contributed by atoms with Gasteiger partial charge in [-0.1, -0.05) is 18.2 Å². The van der Waals surface area contributed by atoms with E-state index in [2.05, 4.69) is 4.74 Å². The first-order chi connectivity index (χ1) is 7.58. The molecule has 0 N–H and O–H groups in total. The second-order valence-corrected chi connectivity index (χ2v) is 4.24. The van der Waals surface area contributed by atoms with Gasteiger partial charge in [0.25, 0.3) is 0 Å². The third-order valence-electron chi connectivity index (χ3n) is 3.14. The monoisotopic (exact) mass is 218 g/mol. The first-order valence-electron chi connectivity index (χ1n) is 5.37. The summed E-state index contributed by atoms with van der Waals surface area (Å²) in [5.74, 6) is -0.849. The maximum absolute atomic E-state index is 11.2. The number of carbonyl (C=O) groups excluding carboxylic acids is 2. The lowest BCUT2D eigenvalue weighted by atomic mass is 9.87. The van der Waals surface area contributed by atoms with Crippen LogP contribution in [0, 0.1) is 13.8 Å². The fourth-order valence-electron chi connectivity index (χ4n) is 2.12. The van der Waals surface area contributed by atoms with Gasteiger partial charge in [-0.3, -0.25) is 9.59 Å². The van der Waals surface area contributed by atoms with Gasteiger partial charge < -0.3 is 4.74 Å². The fourth-order valence-corrected chi connectivity index (χ4v) is 2.12. The average molecular weight is 218 g/mol. The Morgan fingerprint density at radius 1 is 1.12 bits per heavy atom. The van der Waals surface area contributed by atoms with Crippen LogP contribution >= 0.6 is 0 Å². The van der Waals surface area contributed by atoms with Gasteiger partial charge in [0.1, 0.15) is 0 Å². The molecule has 0 saturated carbocycles. The Bertz CT molecular complexity index is 432. The summed E-state index contributed by atoms with van der Waals surface area (Å²) in [5, 5.41) is 0. The van der Waals surface area contributed by atoms with Crippen molar-refractivity contribution in [3.8, 4) is 0 Å². The number of carbonyl (C=O) groups is 2. The predicted molar refractivity (Wildman–Crippen MR) is 59.0 cm³/mol. The van der Waals surface area contributed by atoms with E-state index < -0.39 is 11.9 Å². The van der Waals surface area contributed by atoms with Gasteiger partial charge in [-0.15, -0.1) is 0 Å². The molecule has 1 heterocycles. The van der Waals surface area contributed by atoms with Crippen LogP contribution < -0.4 is 0 Å². The minimum absolute atomic E-state index is 0.0198. The molecular weight excluding hydrogens is 204 g/mol. The number of hydrogen-bond acceptors (Lipinski definition) is 3. The van der Waals surface area contributed by atoms with Gasteiger partial charge in [-0.2, -0.15) is 0 Å². The van der Waals surface area contributed by atoms with Gasteiger partial charge in [0.05, 0.1) is 12.8 Å². The standard InChI is InChI=1S/C13H14O3/c1-8-4-3-5-11(9(8)2)10-6-12(14)16-13(15)7-10/h3-5,10H,6-7H2,1-2H3. The van der Waals surface area contributed by atoms with Crippen molar-refractivity contribution < 1.29 is 14.3 Å². The molecule has 2 rings (SSSR count). The highest BCUT2D eigenvalue weighted by molar-refractivity contribution is 5.89. The van der Waals surface area contributed by atoms with Crippen molar-refractivity contribution in [2.24, 2.45) is 0 Å². The number of rotatable bonds is 1. The quantitative estimate of drug-likeness (QED) is 0.536. The lowest BCUT2D eigenvalue weighted by Gasteiger charge is -2.22. The minimum Gasteiger partial charge on any atom is -0.393 e. The molecule has 3 nitrogen and oxygen atoms in total. The summed E-state index contributed by atoms with van der Waals surface area (Å²) in [6, 6.07) is 5.97. The summed E-state index contributed by atoms with van der Waals surface area (Å²) in [6.07, 6.45) is 0.603. The van der Waals surface area contributed by atoms with Crippen molar-refractivity contribution in [3.63, 3.8) is 0 Å². The van der Waals surface area contributed by atoms with Crippen molar-refractivity contribution in [1.29, 1.82) is 0 Å². The van der Waals surface area contributed by atoms with Crippen molar-refractivity contribution in [3.05, 3.63) is 34.9 Å². The first kappa shape index (κ1) is 10.9. The van der Waals surface area contributed by atoms with Crippen LogP contribution in [0.25, 0.3) is 0 Å². The zero-order valence-electron chi connectivity index (χ0n) is 9.45. The van der Waals surface area contributed by atoms with Crippen molar-refractivity contribution >= 4 is 11.9 Å². The highest BCUT2D eigenvalue weighted by Gasteiger charge is 2.29. The van der Waals surface area contributed by atoms with E-state index in [4.69, 9.17) is 0 Å². The number of ether oxygens (including phenoxy) is 1. The highest BCUT2D eigenvalue weighted by atomic mass is 16.6. The van der Waals surface area contributed by atoms with Gasteiger partial charge >= 0.3 is 11.9 Å². The number of cyclic esters (lactones) is 2. The molecule has 0 spiro atoms. The Kier molecular flexibility index (Phi) is 2.77. The van der Waals surface area contributed by atoms with Crippen LogP contribution in [0.4, 0.5) is 0 Å². The van der Waals surface area contributed by atoms with Crippen LogP contribution in [-0.2, 0) is 14.3 Å². The van der Waals surface area contributed by atoms with E-state index in [0.717, 1.165) is 11.1 Å². The molecule has 0 aliphatic carbocycles. The van der Waals surface area contributed by atoms with Crippen LogP contribution in [-0.4, -0.2) is 11.9 Å². The molecule has 0 atom stereocenters. The Morgan fingerprint density at radius 3 is 2.38 bits per heavy atom. The Morgan fingerprint density at radius 2 is 1.75 bits per heavy atom. The molecule has 1 fully saturated rings. The topological polar surface area (TPSA) is 43.4 Å². The van der Waals surface area contributed by atoms with Crippen LogP contribution in [0.2, 0.25) is 0 Å². The minimum atomic E-state index is -0.415. The van der Waals surface area contributed by atoms with Gasteiger partial charge in [-0.05, 0) is 30.5 Å². The maximum Gasteiger partial charge on any atom is 0.314 e. The number of esters is 2. The smallest absolute Gasteiger partial charge is 0.314 e. The van der Waals surface area contributed by atoms with Crippen LogP contribution in [0.5, 0.6) is 0 Å². The molecule has 1 saturated heterocycles. The molecule has 84 valence electrons. The first-order valence-corrected chi connectivity index (χ1v) is 5.37. The fraction of sp³-hybridized carbons (Fsp3) is 0.385. The lowest BCUT2D eigenvalue weighted by Crippen LogP contribution is -2.24. The molecule has 0 bridgehead atoms. The Hall–Kier alpha value is -1.64. The van der Waals surface area contributed by atoms with Gasteiger partial charge in [0.2, 0.25) is 0 Å². The molecule has 1 aromatic rings. The number of aryl methyl sites for hydroxylation is 1. The summed E-state index contributed by atoms with van der Waals surface area (Å²) >= 11 is 0.